The Balaban J connectivity index is 1.86. The van der Waals surface area contributed by atoms with Crippen molar-refractivity contribution in [2.45, 2.75) is 31.8 Å². The van der Waals surface area contributed by atoms with E-state index >= 15 is 0 Å². The fourth-order valence-corrected chi connectivity index (χ4v) is 3.86. The number of ketones is 1. The number of carbonyl (C=O) groups excluding carboxylic acids is 1. The van der Waals surface area contributed by atoms with E-state index in [-0.39, 0.29) is 17.6 Å². The summed E-state index contributed by atoms with van der Waals surface area (Å²) in [4.78, 5) is 12.3. The van der Waals surface area contributed by atoms with Crippen LogP contribution in [0.1, 0.15) is 37.4 Å². The lowest BCUT2D eigenvalue weighted by molar-refractivity contribution is -0.134. The average molecular weight is 256 g/mol. The van der Waals surface area contributed by atoms with E-state index in [2.05, 4.69) is 6.58 Å². The highest BCUT2D eigenvalue weighted by Crippen LogP contribution is 2.47. The van der Waals surface area contributed by atoms with Crippen molar-refractivity contribution in [3.05, 3.63) is 48.0 Å². The molecule has 0 aliphatic heterocycles. The molecule has 0 spiro atoms. The molecular weight excluding hydrogens is 236 g/mol. The van der Waals surface area contributed by atoms with Gasteiger partial charge in [-0.05, 0) is 36.7 Å². The summed E-state index contributed by atoms with van der Waals surface area (Å²) in [6, 6.07) is 9.56. The Morgan fingerprint density at radius 3 is 2.63 bits per heavy atom. The number of aliphatic hydroxyl groups excluding tert-OH is 1. The first kappa shape index (κ1) is 12.6. The van der Waals surface area contributed by atoms with Gasteiger partial charge in [-0.25, -0.2) is 0 Å². The van der Waals surface area contributed by atoms with Crippen LogP contribution < -0.4 is 0 Å². The third-order valence-corrected chi connectivity index (χ3v) is 4.62. The molecule has 2 nitrogen and oxygen atoms in total. The second-order valence-corrected chi connectivity index (χ2v) is 6.07. The molecule has 1 aromatic carbocycles. The van der Waals surface area contributed by atoms with Gasteiger partial charge in [0.25, 0.3) is 0 Å². The van der Waals surface area contributed by atoms with Crippen LogP contribution in [-0.2, 0) is 4.79 Å². The first-order valence-electron chi connectivity index (χ1n) is 7.07. The molecule has 2 saturated carbocycles. The van der Waals surface area contributed by atoms with Crippen molar-refractivity contribution < 1.29 is 9.90 Å². The number of hydrogen-bond donors (Lipinski definition) is 1. The summed E-state index contributed by atoms with van der Waals surface area (Å²) in [5.41, 5.74) is 2.11. The van der Waals surface area contributed by atoms with Crippen molar-refractivity contribution in [1.29, 1.82) is 0 Å². The van der Waals surface area contributed by atoms with E-state index in [0.717, 1.165) is 24.8 Å². The largest absolute Gasteiger partial charge is 0.388 e. The monoisotopic (exact) mass is 256 g/mol. The van der Waals surface area contributed by atoms with Crippen LogP contribution in [0.2, 0.25) is 0 Å². The molecule has 1 unspecified atom stereocenters. The molecule has 100 valence electrons. The van der Waals surface area contributed by atoms with Gasteiger partial charge in [-0.15, -0.1) is 0 Å². The lowest BCUT2D eigenvalue weighted by Crippen LogP contribution is -2.39. The van der Waals surface area contributed by atoms with E-state index in [1.165, 1.54) is 5.57 Å². The van der Waals surface area contributed by atoms with Crippen LogP contribution in [0.25, 0.3) is 0 Å². The summed E-state index contributed by atoms with van der Waals surface area (Å²) in [5.74, 6) is 0.751. The molecule has 19 heavy (non-hydrogen) atoms. The molecule has 4 atom stereocenters. The minimum atomic E-state index is -0.662. The number of aliphatic hydroxyl groups is 1. The molecule has 2 heteroatoms. The second kappa shape index (κ2) is 4.93. The highest BCUT2D eigenvalue weighted by molar-refractivity contribution is 5.83. The number of benzene rings is 1. The molecule has 2 aliphatic carbocycles. The molecular formula is C17H20O2. The van der Waals surface area contributed by atoms with Gasteiger partial charge in [-0.1, -0.05) is 42.5 Å². The van der Waals surface area contributed by atoms with Crippen LogP contribution in [0, 0.1) is 17.8 Å². The Labute approximate surface area is 114 Å². The van der Waals surface area contributed by atoms with Crippen LogP contribution in [0.15, 0.2) is 42.5 Å². The summed E-state index contributed by atoms with van der Waals surface area (Å²) in [5, 5.41) is 10.6. The third-order valence-electron chi connectivity index (χ3n) is 4.62. The van der Waals surface area contributed by atoms with Gasteiger partial charge in [0.05, 0.1) is 12.0 Å². The summed E-state index contributed by atoms with van der Waals surface area (Å²) in [6.45, 7) is 4.10. The smallest absolute Gasteiger partial charge is 0.139 e. The van der Waals surface area contributed by atoms with E-state index in [1.54, 1.807) is 0 Å². The zero-order valence-electron chi connectivity index (χ0n) is 11.1. The SMILES string of the molecule is C=C1C[C@H]2CC(=O)[C@H](C(O)c3ccccc3)[C@@H](C1)C2. The van der Waals surface area contributed by atoms with Crippen molar-refractivity contribution in [1.82, 2.24) is 0 Å². The fraction of sp³-hybridized carbons (Fsp3) is 0.471. The Hall–Kier alpha value is -1.41. The van der Waals surface area contributed by atoms with Gasteiger partial charge >= 0.3 is 0 Å². The highest BCUT2D eigenvalue weighted by atomic mass is 16.3. The molecule has 0 aromatic heterocycles. The summed E-state index contributed by atoms with van der Waals surface area (Å²) in [6.07, 6.45) is 2.92. The van der Waals surface area contributed by atoms with Crippen LogP contribution >= 0.6 is 0 Å². The molecule has 0 radical (unpaired) electrons. The number of rotatable bonds is 2. The number of allylic oxidation sites excluding steroid dienone is 1. The van der Waals surface area contributed by atoms with Gasteiger partial charge in [0.15, 0.2) is 0 Å². The van der Waals surface area contributed by atoms with Crippen molar-refractivity contribution in [2.24, 2.45) is 17.8 Å². The van der Waals surface area contributed by atoms with Crippen LogP contribution in [0.4, 0.5) is 0 Å². The minimum Gasteiger partial charge on any atom is -0.388 e. The van der Waals surface area contributed by atoms with E-state index in [4.69, 9.17) is 0 Å². The molecule has 0 amide bonds. The van der Waals surface area contributed by atoms with Gasteiger partial charge in [-0.2, -0.15) is 0 Å². The Bertz CT molecular complexity index is 491. The Morgan fingerprint density at radius 1 is 1.16 bits per heavy atom. The summed E-state index contributed by atoms with van der Waals surface area (Å²) >= 11 is 0. The van der Waals surface area contributed by atoms with Gasteiger partial charge in [0, 0.05) is 6.42 Å². The average Bonchev–Trinajstić information content (AvgIpc) is 2.38. The normalized spacial score (nSPS) is 32.2. The maximum Gasteiger partial charge on any atom is 0.139 e. The molecule has 0 heterocycles. The second-order valence-electron chi connectivity index (χ2n) is 6.07. The number of fused-ring (bicyclic) bond motifs is 2. The maximum absolute atomic E-state index is 12.3. The predicted octanol–water partition coefficient (Wildman–Crippen LogP) is 3.28. The lowest BCUT2D eigenvalue weighted by atomic mass is 9.63. The quantitative estimate of drug-likeness (QED) is 0.824. The lowest BCUT2D eigenvalue weighted by Gasteiger charge is -2.42. The van der Waals surface area contributed by atoms with Crippen molar-refractivity contribution in [2.75, 3.05) is 0 Å². The standard InChI is InChI=1S/C17H20O2/c1-11-7-12-9-14(8-11)16(15(18)10-12)17(19)13-5-3-2-4-6-13/h2-6,12,14,16-17,19H,1,7-10H2/t12-,14+,16-,17?/m1/s1. The molecule has 2 bridgehead atoms. The molecule has 1 N–H and O–H groups in total. The zero-order valence-corrected chi connectivity index (χ0v) is 11.1. The predicted molar refractivity (Wildman–Crippen MR) is 74.5 cm³/mol. The van der Waals surface area contributed by atoms with E-state index in [0.29, 0.717) is 12.3 Å². The molecule has 2 fully saturated rings. The molecule has 3 rings (SSSR count). The summed E-state index contributed by atoms with van der Waals surface area (Å²) in [7, 11) is 0. The molecule has 1 aromatic rings. The molecule has 2 aliphatic rings. The topological polar surface area (TPSA) is 37.3 Å². The zero-order chi connectivity index (χ0) is 13.4. The van der Waals surface area contributed by atoms with Crippen LogP contribution in [0.5, 0.6) is 0 Å². The maximum atomic E-state index is 12.3. The van der Waals surface area contributed by atoms with Gasteiger partial charge in [0.2, 0.25) is 0 Å². The molecule has 0 saturated heterocycles. The van der Waals surface area contributed by atoms with Gasteiger partial charge in [-0.3, -0.25) is 4.79 Å². The highest BCUT2D eigenvalue weighted by Gasteiger charge is 2.43. The summed E-state index contributed by atoms with van der Waals surface area (Å²) < 4.78 is 0. The first-order chi connectivity index (χ1) is 9.15. The van der Waals surface area contributed by atoms with Crippen molar-refractivity contribution in [3.63, 3.8) is 0 Å². The van der Waals surface area contributed by atoms with Crippen LogP contribution in [0.3, 0.4) is 0 Å². The van der Waals surface area contributed by atoms with Crippen LogP contribution in [-0.4, -0.2) is 10.9 Å². The van der Waals surface area contributed by atoms with Crippen molar-refractivity contribution >= 4 is 5.78 Å². The third kappa shape index (κ3) is 2.37. The fourth-order valence-electron chi connectivity index (χ4n) is 3.86. The van der Waals surface area contributed by atoms with E-state index in [1.807, 2.05) is 30.3 Å². The number of hydrogen-bond acceptors (Lipinski definition) is 2. The Kier molecular flexibility index (Phi) is 3.28. The number of carbonyl (C=O) groups is 1. The van der Waals surface area contributed by atoms with E-state index in [9.17, 15) is 9.90 Å². The Morgan fingerprint density at radius 2 is 1.89 bits per heavy atom. The number of Topliss-reactive ketones (excluding diaryl/α,β-unsaturated/α-hetero) is 1. The minimum absolute atomic E-state index is 0.240. The van der Waals surface area contributed by atoms with E-state index < -0.39 is 6.10 Å². The van der Waals surface area contributed by atoms with Gasteiger partial charge in [0.1, 0.15) is 5.78 Å². The first-order valence-corrected chi connectivity index (χ1v) is 7.07. The van der Waals surface area contributed by atoms with Gasteiger partial charge < -0.3 is 5.11 Å². The van der Waals surface area contributed by atoms with Crippen molar-refractivity contribution in [3.8, 4) is 0 Å².